The molecular formula is C25H37ClN4O3. The van der Waals surface area contributed by atoms with Gasteiger partial charge in [-0.25, -0.2) is 0 Å². The predicted octanol–water partition coefficient (Wildman–Crippen LogP) is 2.71. The number of likely N-dealkylation sites (tertiary alicyclic amines) is 1. The highest BCUT2D eigenvalue weighted by molar-refractivity contribution is 6.30. The second-order valence-electron chi connectivity index (χ2n) is 9.58. The molecule has 1 aromatic carbocycles. The van der Waals surface area contributed by atoms with E-state index in [9.17, 15) is 14.4 Å². The quantitative estimate of drug-likeness (QED) is 0.527. The van der Waals surface area contributed by atoms with Crippen LogP contribution in [0.4, 0.5) is 0 Å². The molecule has 2 unspecified atom stereocenters. The van der Waals surface area contributed by atoms with Gasteiger partial charge in [0.15, 0.2) is 0 Å². The van der Waals surface area contributed by atoms with Gasteiger partial charge in [-0.3, -0.25) is 14.4 Å². The molecule has 3 rings (SSSR count). The van der Waals surface area contributed by atoms with Crippen LogP contribution in [-0.2, 0) is 20.8 Å². The summed E-state index contributed by atoms with van der Waals surface area (Å²) in [6, 6.07) is 7.06. The first kappa shape index (κ1) is 25.5. The molecule has 7 nitrogen and oxygen atoms in total. The number of benzene rings is 1. The normalized spacial score (nSPS) is 20.0. The lowest BCUT2D eigenvalue weighted by atomic mass is 9.93. The van der Waals surface area contributed by atoms with Crippen molar-refractivity contribution < 1.29 is 14.4 Å². The van der Waals surface area contributed by atoms with Crippen LogP contribution in [0, 0.1) is 0 Å². The molecule has 3 amide bonds. The molecule has 0 aromatic heterocycles. The molecule has 1 aromatic rings. The van der Waals surface area contributed by atoms with Crippen LogP contribution in [0.5, 0.6) is 0 Å². The summed E-state index contributed by atoms with van der Waals surface area (Å²) in [6.45, 7) is 1.75. The van der Waals surface area contributed by atoms with E-state index in [-0.39, 0.29) is 23.9 Å². The zero-order valence-electron chi connectivity index (χ0n) is 19.8. The maximum absolute atomic E-state index is 13.5. The molecule has 8 heteroatoms. The third-order valence-corrected chi connectivity index (χ3v) is 7.04. The summed E-state index contributed by atoms with van der Waals surface area (Å²) in [5, 5.41) is 3.60. The van der Waals surface area contributed by atoms with Crippen LogP contribution < -0.4 is 5.32 Å². The lowest BCUT2D eigenvalue weighted by molar-refractivity contribution is -0.136. The minimum atomic E-state index is -0.640. The summed E-state index contributed by atoms with van der Waals surface area (Å²) in [5.41, 5.74) is 0.943. The highest BCUT2D eigenvalue weighted by atomic mass is 35.5. The van der Waals surface area contributed by atoms with Crippen molar-refractivity contribution in [1.29, 1.82) is 0 Å². The molecule has 2 aliphatic rings. The number of halogens is 1. The number of nitrogens with one attached hydrogen (secondary N) is 1. The summed E-state index contributed by atoms with van der Waals surface area (Å²) in [4.78, 5) is 43.7. The zero-order chi connectivity index (χ0) is 23.8. The van der Waals surface area contributed by atoms with Crippen molar-refractivity contribution in [1.82, 2.24) is 20.0 Å². The van der Waals surface area contributed by atoms with E-state index >= 15 is 0 Å². The smallest absolute Gasteiger partial charge is 0.245 e. The van der Waals surface area contributed by atoms with Crippen LogP contribution in [-0.4, -0.2) is 84.8 Å². The summed E-state index contributed by atoms with van der Waals surface area (Å²) < 4.78 is 0. The van der Waals surface area contributed by atoms with E-state index in [1.54, 1.807) is 12.1 Å². The molecule has 0 spiro atoms. The van der Waals surface area contributed by atoms with Crippen LogP contribution in [0.1, 0.15) is 50.5 Å². The maximum Gasteiger partial charge on any atom is 0.245 e. The Morgan fingerprint density at radius 1 is 1.12 bits per heavy atom. The van der Waals surface area contributed by atoms with Gasteiger partial charge in [-0.15, -0.1) is 0 Å². The third-order valence-electron chi connectivity index (χ3n) is 6.79. The maximum atomic E-state index is 13.5. The van der Waals surface area contributed by atoms with E-state index in [2.05, 4.69) is 5.32 Å². The van der Waals surface area contributed by atoms with Crippen molar-refractivity contribution in [3.8, 4) is 0 Å². The standard InChI is InChI=1S/C25H37ClN4O3/c1-28(2)14-13-24(32)27-23(16-19-8-10-20(26)11-9-19)25(33)29-15-12-22(17-29)30(18-31)21-6-4-3-5-7-21/h8-11,18,21-23H,3-7,12-17H2,1-2H3,(H,27,32). The number of amides is 3. The summed E-state index contributed by atoms with van der Waals surface area (Å²) in [5.74, 6) is -0.219. The monoisotopic (exact) mass is 476 g/mol. The predicted molar refractivity (Wildman–Crippen MR) is 130 cm³/mol. The summed E-state index contributed by atoms with van der Waals surface area (Å²) >= 11 is 6.01. The zero-order valence-corrected chi connectivity index (χ0v) is 20.6. The molecule has 1 aliphatic carbocycles. The van der Waals surface area contributed by atoms with Crippen LogP contribution in [0.15, 0.2) is 24.3 Å². The molecule has 2 fully saturated rings. The Bertz CT molecular complexity index is 795. The molecule has 1 saturated carbocycles. The van der Waals surface area contributed by atoms with E-state index in [0.29, 0.717) is 37.5 Å². The van der Waals surface area contributed by atoms with Gasteiger partial charge in [-0.05, 0) is 51.1 Å². The van der Waals surface area contributed by atoms with Crippen molar-refractivity contribution in [2.24, 2.45) is 0 Å². The number of carbonyl (C=O) groups is 3. The van der Waals surface area contributed by atoms with Gasteiger partial charge in [0.1, 0.15) is 6.04 Å². The van der Waals surface area contributed by atoms with Gasteiger partial charge >= 0.3 is 0 Å². The van der Waals surface area contributed by atoms with Gasteiger partial charge in [0.2, 0.25) is 18.2 Å². The largest absolute Gasteiger partial charge is 0.344 e. The van der Waals surface area contributed by atoms with Crippen molar-refractivity contribution in [2.75, 3.05) is 33.7 Å². The molecule has 182 valence electrons. The highest BCUT2D eigenvalue weighted by Crippen LogP contribution is 2.26. The van der Waals surface area contributed by atoms with Gasteiger partial charge in [-0.1, -0.05) is 43.0 Å². The number of rotatable bonds is 10. The van der Waals surface area contributed by atoms with Crippen LogP contribution in [0.25, 0.3) is 0 Å². The highest BCUT2D eigenvalue weighted by Gasteiger charge is 2.36. The lowest BCUT2D eigenvalue weighted by Crippen LogP contribution is -2.51. The van der Waals surface area contributed by atoms with Crippen LogP contribution >= 0.6 is 11.6 Å². The molecule has 2 atom stereocenters. The fourth-order valence-electron chi connectivity index (χ4n) is 4.90. The van der Waals surface area contributed by atoms with Gasteiger partial charge in [0.05, 0.1) is 6.04 Å². The Hall–Kier alpha value is -2.12. The fraction of sp³-hybridized carbons (Fsp3) is 0.640. The average Bonchev–Trinajstić information content (AvgIpc) is 3.29. The molecule has 0 radical (unpaired) electrons. The van der Waals surface area contributed by atoms with Gasteiger partial charge in [-0.2, -0.15) is 0 Å². The van der Waals surface area contributed by atoms with Gasteiger partial charge < -0.3 is 20.0 Å². The summed E-state index contributed by atoms with van der Waals surface area (Å²) in [6.07, 6.45) is 8.14. The van der Waals surface area contributed by atoms with Crippen molar-refractivity contribution in [2.45, 2.75) is 69.5 Å². The first-order valence-electron chi connectivity index (χ1n) is 12.1. The van der Waals surface area contributed by atoms with Gasteiger partial charge in [0, 0.05) is 43.5 Å². The van der Waals surface area contributed by atoms with E-state index in [1.807, 2.05) is 40.9 Å². The Kier molecular flexibility index (Phi) is 9.56. The third kappa shape index (κ3) is 7.44. The van der Waals surface area contributed by atoms with Crippen molar-refractivity contribution in [3.63, 3.8) is 0 Å². The first-order chi connectivity index (χ1) is 15.9. The van der Waals surface area contributed by atoms with Gasteiger partial charge in [0.25, 0.3) is 0 Å². The van der Waals surface area contributed by atoms with Crippen LogP contribution in [0.3, 0.4) is 0 Å². The molecule has 1 saturated heterocycles. The number of nitrogens with zero attached hydrogens (tertiary/aromatic N) is 3. The topological polar surface area (TPSA) is 73.0 Å². The minimum absolute atomic E-state index is 0.0511. The molecule has 1 aliphatic heterocycles. The van der Waals surface area contributed by atoms with E-state index in [4.69, 9.17) is 11.6 Å². The molecule has 33 heavy (non-hydrogen) atoms. The van der Waals surface area contributed by atoms with Crippen LogP contribution in [0.2, 0.25) is 5.02 Å². The minimum Gasteiger partial charge on any atom is -0.344 e. The molecule has 1 heterocycles. The fourth-order valence-corrected chi connectivity index (χ4v) is 5.03. The molecular weight excluding hydrogens is 440 g/mol. The Morgan fingerprint density at radius 2 is 1.82 bits per heavy atom. The Morgan fingerprint density at radius 3 is 2.45 bits per heavy atom. The number of hydrogen-bond donors (Lipinski definition) is 1. The summed E-state index contributed by atoms with van der Waals surface area (Å²) in [7, 11) is 3.83. The van der Waals surface area contributed by atoms with E-state index in [0.717, 1.165) is 44.1 Å². The molecule has 0 bridgehead atoms. The van der Waals surface area contributed by atoms with E-state index in [1.165, 1.54) is 6.42 Å². The lowest BCUT2D eigenvalue weighted by Gasteiger charge is -2.35. The SMILES string of the molecule is CN(C)CCC(=O)NC(Cc1ccc(Cl)cc1)C(=O)N1CCC(N(C=O)C2CCCCC2)C1. The van der Waals surface area contributed by atoms with E-state index < -0.39 is 6.04 Å². The molecule has 1 N–H and O–H groups in total. The van der Waals surface area contributed by atoms with Crippen molar-refractivity contribution >= 4 is 29.8 Å². The Labute approximate surface area is 202 Å². The second kappa shape index (κ2) is 12.4. The average molecular weight is 477 g/mol. The number of hydrogen-bond acceptors (Lipinski definition) is 4. The Balaban J connectivity index is 1.66. The first-order valence-corrected chi connectivity index (χ1v) is 12.4. The second-order valence-corrected chi connectivity index (χ2v) is 10.0. The van der Waals surface area contributed by atoms with Crippen molar-refractivity contribution in [3.05, 3.63) is 34.9 Å². The number of carbonyl (C=O) groups excluding carboxylic acids is 3.